The second-order valence-corrected chi connectivity index (χ2v) is 20.2. The van der Waals surface area contributed by atoms with Gasteiger partial charge >= 0.3 is 0 Å². The molecule has 2 atom stereocenters. The van der Waals surface area contributed by atoms with Gasteiger partial charge in [-0.1, -0.05) is 34.6 Å². The Morgan fingerprint density at radius 3 is 0.706 bits per heavy atom. The molecular formula is C45H62O4P2. The number of ether oxygens (including phenoxy) is 4. The molecule has 0 spiro atoms. The van der Waals surface area contributed by atoms with Gasteiger partial charge < -0.3 is 18.9 Å². The number of rotatable bonds is 13. The summed E-state index contributed by atoms with van der Waals surface area (Å²) in [7, 11) is 5.50. The largest absolute Gasteiger partial charge is 0.496 e. The highest BCUT2D eigenvalue weighted by atomic mass is 31.1. The summed E-state index contributed by atoms with van der Waals surface area (Å²) in [6.45, 7) is 30.0. The summed E-state index contributed by atoms with van der Waals surface area (Å²) in [5.74, 6) is 4.30. The van der Waals surface area contributed by atoms with Crippen molar-refractivity contribution in [1.82, 2.24) is 0 Å². The molecular weight excluding hydrogens is 666 g/mol. The van der Waals surface area contributed by atoms with Crippen molar-refractivity contribution >= 4 is 37.1 Å². The highest BCUT2D eigenvalue weighted by molar-refractivity contribution is 7.74. The van der Waals surface area contributed by atoms with Gasteiger partial charge in [-0.2, -0.15) is 0 Å². The molecule has 0 saturated carbocycles. The molecule has 0 aliphatic heterocycles. The molecule has 0 amide bonds. The monoisotopic (exact) mass is 728 g/mol. The van der Waals surface area contributed by atoms with E-state index in [0.717, 1.165) is 23.0 Å². The zero-order valence-electron chi connectivity index (χ0n) is 34.4. The van der Waals surface area contributed by atoms with Crippen LogP contribution in [0.5, 0.6) is 23.0 Å². The number of aryl methyl sites for hydroxylation is 8. The minimum atomic E-state index is -0.808. The molecule has 0 bridgehead atoms. The molecule has 0 saturated heterocycles. The normalized spacial score (nSPS) is 14.1. The van der Waals surface area contributed by atoms with Crippen molar-refractivity contribution in [2.75, 3.05) is 28.4 Å². The zero-order valence-corrected chi connectivity index (χ0v) is 36.2. The predicted molar refractivity (Wildman–Crippen MR) is 224 cm³/mol. The number of benzene rings is 4. The number of hydrogen-bond donors (Lipinski definition) is 0. The van der Waals surface area contributed by atoms with Crippen LogP contribution in [0.15, 0.2) is 48.5 Å². The van der Waals surface area contributed by atoms with Gasteiger partial charge in [-0.05, 0) is 208 Å². The predicted octanol–water partition coefficient (Wildman–Crippen LogP) is 10.2. The van der Waals surface area contributed by atoms with Crippen LogP contribution in [0.1, 0.15) is 79.1 Å². The van der Waals surface area contributed by atoms with Crippen LogP contribution < -0.4 is 40.2 Å². The SMILES string of the molecule is COc1c(C)cc(P(c2cc(C)c(OC)c(C)c2)C(C)C(C)(C(C)C)C(C)P(c2cc(C)c(OC)c(C)c2)c2cc(C)c(OC)c(C)c2)cc1C. The van der Waals surface area contributed by atoms with E-state index < -0.39 is 15.8 Å². The first-order valence-electron chi connectivity index (χ1n) is 18.2. The van der Waals surface area contributed by atoms with Gasteiger partial charge in [0.05, 0.1) is 28.4 Å². The maximum Gasteiger partial charge on any atom is 0.124 e. The molecule has 0 aliphatic rings. The van der Waals surface area contributed by atoms with E-state index in [9.17, 15) is 0 Å². The summed E-state index contributed by atoms with van der Waals surface area (Å²) < 4.78 is 23.5. The molecule has 4 rings (SSSR count). The van der Waals surface area contributed by atoms with E-state index in [-0.39, 0.29) is 5.41 Å². The summed E-state index contributed by atoms with van der Waals surface area (Å²) in [5, 5.41) is 5.58. The Hall–Kier alpha value is -3.06. The van der Waals surface area contributed by atoms with Gasteiger partial charge in [0.25, 0.3) is 0 Å². The van der Waals surface area contributed by atoms with E-state index in [1.807, 2.05) is 0 Å². The van der Waals surface area contributed by atoms with E-state index in [0.29, 0.717) is 17.2 Å². The van der Waals surface area contributed by atoms with E-state index in [2.05, 4.69) is 139 Å². The van der Waals surface area contributed by atoms with E-state index >= 15 is 0 Å². The summed E-state index contributed by atoms with van der Waals surface area (Å²) in [6, 6.07) is 19.1. The van der Waals surface area contributed by atoms with Crippen LogP contribution in [0.3, 0.4) is 0 Å². The van der Waals surface area contributed by atoms with Gasteiger partial charge in [-0.3, -0.25) is 0 Å². The second kappa shape index (κ2) is 16.3. The highest BCUT2D eigenvalue weighted by Gasteiger charge is 2.47. The van der Waals surface area contributed by atoms with Crippen molar-refractivity contribution in [3.8, 4) is 23.0 Å². The van der Waals surface area contributed by atoms with Gasteiger partial charge in [0.1, 0.15) is 23.0 Å². The maximum atomic E-state index is 5.87. The Morgan fingerprint density at radius 2 is 0.569 bits per heavy atom. The molecule has 0 aromatic heterocycles. The fourth-order valence-electron chi connectivity index (χ4n) is 8.62. The van der Waals surface area contributed by atoms with Crippen molar-refractivity contribution < 1.29 is 18.9 Å². The first-order valence-corrected chi connectivity index (χ1v) is 21.0. The molecule has 2 unspecified atom stereocenters. The van der Waals surface area contributed by atoms with Crippen LogP contribution in [0.25, 0.3) is 0 Å². The Bertz CT molecular complexity index is 1540. The third-order valence-corrected chi connectivity index (χ3v) is 17.4. The Morgan fingerprint density at radius 1 is 0.392 bits per heavy atom. The first-order chi connectivity index (χ1) is 24.0. The smallest absolute Gasteiger partial charge is 0.124 e. The van der Waals surface area contributed by atoms with E-state index in [1.54, 1.807) is 28.4 Å². The van der Waals surface area contributed by atoms with Crippen LogP contribution in [-0.2, 0) is 0 Å². The number of hydrogen-bond acceptors (Lipinski definition) is 4. The van der Waals surface area contributed by atoms with Crippen molar-refractivity contribution in [1.29, 1.82) is 0 Å². The van der Waals surface area contributed by atoms with E-state index in [4.69, 9.17) is 18.9 Å². The minimum absolute atomic E-state index is 0.0651. The third-order valence-electron chi connectivity index (χ3n) is 11.5. The Balaban J connectivity index is 2.05. The van der Waals surface area contributed by atoms with E-state index in [1.165, 1.54) is 65.7 Å². The average molecular weight is 729 g/mol. The zero-order chi connectivity index (χ0) is 38.1. The van der Waals surface area contributed by atoms with Gasteiger partial charge in [-0.15, -0.1) is 0 Å². The van der Waals surface area contributed by atoms with Crippen LogP contribution in [0.2, 0.25) is 0 Å². The fourth-order valence-corrected chi connectivity index (χ4v) is 15.9. The molecule has 6 heteroatoms. The molecule has 0 heterocycles. The molecule has 4 nitrogen and oxygen atoms in total. The van der Waals surface area contributed by atoms with Crippen molar-refractivity contribution in [2.24, 2.45) is 11.3 Å². The average Bonchev–Trinajstić information content (AvgIpc) is 3.04. The molecule has 0 radical (unpaired) electrons. The topological polar surface area (TPSA) is 36.9 Å². The highest BCUT2D eigenvalue weighted by Crippen LogP contribution is 2.60. The number of methoxy groups -OCH3 is 4. The van der Waals surface area contributed by atoms with Crippen LogP contribution in [-0.4, -0.2) is 39.8 Å². The molecule has 4 aromatic carbocycles. The van der Waals surface area contributed by atoms with Gasteiger partial charge in [0.15, 0.2) is 0 Å². The second-order valence-electron chi connectivity index (χ2n) is 15.1. The summed E-state index contributed by atoms with van der Waals surface area (Å²) in [6.07, 6.45) is 0. The van der Waals surface area contributed by atoms with Crippen LogP contribution >= 0.6 is 15.8 Å². The fraction of sp³-hybridized carbons (Fsp3) is 0.467. The Labute approximate surface area is 312 Å². The third kappa shape index (κ3) is 7.70. The lowest BCUT2D eigenvalue weighted by Crippen LogP contribution is -2.47. The first kappa shape index (κ1) is 40.7. The summed E-state index contributed by atoms with van der Waals surface area (Å²) >= 11 is 0. The molecule has 0 fully saturated rings. The lowest BCUT2D eigenvalue weighted by molar-refractivity contribution is 0.213. The molecule has 0 aliphatic carbocycles. The maximum absolute atomic E-state index is 5.87. The van der Waals surface area contributed by atoms with Crippen LogP contribution in [0, 0.1) is 66.7 Å². The van der Waals surface area contributed by atoms with Crippen LogP contribution in [0.4, 0.5) is 0 Å². The molecule has 51 heavy (non-hydrogen) atoms. The summed E-state index contributed by atoms with van der Waals surface area (Å²) in [4.78, 5) is 0. The summed E-state index contributed by atoms with van der Waals surface area (Å²) in [5.41, 5.74) is 10.1. The molecule has 4 aromatic rings. The molecule has 276 valence electrons. The van der Waals surface area contributed by atoms with Crippen molar-refractivity contribution in [3.63, 3.8) is 0 Å². The van der Waals surface area contributed by atoms with Crippen molar-refractivity contribution in [3.05, 3.63) is 93.0 Å². The minimum Gasteiger partial charge on any atom is -0.496 e. The van der Waals surface area contributed by atoms with Crippen molar-refractivity contribution in [2.45, 2.75) is 101 Å². The lowest BCUT2D eigenvalue weighted by atomic mass is 9.74. The Kier molecular flexibility index (Phi) is 13.0. The quantitative estimate of drug-likeness (QED) is 0.129. The van der Waals surface area contributed by atoms with Gasteiger partial charge in [0, 0.05) is 0 Å². The van der Waals surface area contributed by atoms with Gasteiger partial charge in [-0.25, -0.2) is 0 Å². The standard InChI is InChI=1S/C45H62O4P2/c1-26(2)45(13,35(11)50(37-18-27(3)41(46-14)28(4)19-37)38-20-29(5)42(47-15)30(6)21-38)36(12)51(39-22-31(7)43(48-16)32(8)23-39)40-24-33(9)44(49-17)34(10)25-40/h18-26,35-36H,1-17H3. The van der Waals surface area contributed by atoms with Gasteiger partial charge in [0.2, 0.25) is 0 Å². The lowest BCUT2D eigenvalue weighted by Gasteiger charge is -2.50. The molecule has 0 N–H and O–H groups in total.